The summed E-state index contributed by atoms with van der Waals surface area (Å²) in [6, 6.07) is 4.02. The minimum absolute atomic E-state index is 0.0153. The third-order valence-corrected chi connectivity index (χ3v) is 3.43. The van der Waals surface area contributed by atoms with Crippen molar-refractivity contribution in [2.45, 2.75) is 0 Å². The molecule has 0 aromatic heterocycles. The van der Waals surface area contributed by atoms with Gasteiger partial charge >= 0.3 is 0 Å². The van der Waals surface area contributed by atoms with Crippen LogP contribution in [0.4, 0.5) is 10.1 Å². The standard InChI is InChI=1S/C14H18FN3O3/c1-21-9-13(19)17-4-6-18(7-5-17)14(20)10-2-3-12(16)11(15)8-10/h2-3,8H,4-7,9,16H2,1H3. The van der Waals surface area contributed by atoms with E-state index in [0.717, 1.165) is 6.07 Å². The molecule has 0 spiro atoms. The summed E-state index contributed by atoms with van der Waals surface area (Å²) in [5.74, 6) is -0.953. The molecule has 7 heteroatoms. The van der Waals surface area contributed by atoms with Crippen LogP contribution in [0.3, 0.4) is 0 Å². The second kappa shape index (κ2) is 6.53. The number of piperazine rings is 1. The fourth-order valence-corrected chi connectivity index (χ4v) is 2.22. The highest BCUT2D eigenvalue weighted by Crippen LogP contribution is 2.15. The van der Waals surface area contributed by atoms with Gasteiger partial charge in [-0.1, -0.05) is 0 Å². The number of nitrogens with two attached hydrogens (primary N) is 1. The zero-order chi connectivity index (χ0) is 15.4. The number of carbonyl (C=O) groups is 2. The maximum Gasteiger partial charge on any atom is 0.254 e. The molecular weight excluding hydrogens is 277 g/mol. The average Bonchev–Trinajstić information content (AvgIpc) is 2.50. The molecule has 0 unspecified atom stereocenters. The Morgan fingerprint density at radius 3 is 2.43 bits per heavy atom. The number of nitrogen functional groups attached to an aromatic ring is 1. The van der Waals surface area contributed by atoms with E-state index in [1.807, 2.05) is 0 Å². The molecule has 2 N–H and O–H groups in total. The fourth-order valence-electron chi connectivity index (χ4n) is 2.22. The maximum atomic E-state index is 13.4. The van der Waals surface area contributed by atoms with E-state index in [0.29, 0.717) is 26.2 Å². The number of carbonyl (C=O) groups excluding carboxylic acids is 2. The molecule has 0 bridgehead atoms. The SMILES string of the molecule is COCC(=O)N1CCN(C(=O)c2ccc(N)c(F)c2)CC1. The molecule has 21 heavy (non-hydrogen) atoms. The molecule has 1 aliphatic heterocycles. The van der Waals surface area contributed by atoms with Crippen LogP contribution in [0, 0.1) is 5.82 Å². The van der Waals surface area contributed by atoms with Gasteiger partial charge in [-0.05, 0) is 18.2 Å². The highest BCUT2D eigenvalue weighted by Gasteiger charge is 2.24. The predicted molar refractivity (Wildman–Crippen MR) is 75.2 cm³/mol. The predicted octanol–water partition coefficient (Wildman–Crippen LogP) is 0.339. The molecule has 1 aliphatic rings. The highest BCUT2D eigenvalue weighted by molar-refractivity contribution is 5.94. The van der Waals surface area contributed by atoms with Crippen LogP contribution >= 0.6 is 0 Å². The van der Waals surface area contributed by atoms with E-state index < -0.39 is 5.82 Å². The van der Waals surface area contributed by atoms with Crippen LogP contribution in [-0.2, 0) is 9.53 Å². The van der Waals surface area contributed by atoms with Crippen LogP contribution in [0.25, 0.3) is 0 Å². The molecule has 1 aromatic rings. The summed E-state index contributed by atoms with van der Waals surface area (Å²) in [6.45, 7) is 1.77. The number of ether oxygens (including phenoxy) is 1. The molecule has 6 nitrogen and oxygen atoms in total. The van der Waals surface area contributed by atoms with Gasteiger partial charge in [0.25, 0.3) is 5.91 Å². The van der Waals surface area contributed by atoms with Gasteiger partial charge in [0.15, 0.2) is 0 Å². The van der Waals surface area contributed by atoms with Crippen molar-refractivity contribution in [3.63, 3.8) is 0 Å². The summed E-state index contributed by atoms with van der Waals surface area (Å²) in [6.07, 6.45) is 0. The lowest BCUT2D eigenvalue weighted by atomic mass is 10.1. The Balaban J connectivity index is 1.97. The molecule has 0 atom stereocenters. The van der Waals surface area contributed by atoms with Gasteiger partial charge in [-0.3, -0.25) is 9.59 Å². The van der Waals surface area contributed by atoms with Crippen LogP contribution in [-0.4, -0.2) is 61.5 Å². The second-order valence-corrected chi connectivity index (χ2v) is 4.84. The van der Waals surface area contributed by atoms with Crippen molar-refractivity contribution in [2.75, 3.05) is 45.6 Å². The van der Waals surface area contributed by atoms with E-state index in [1.165, 1.54) is 19.2 Å². The molecule has 0 saturated carbocycles. The van der Waals surface area contributed by atoms with Gasteiger partial charge in [0.05, 0.1) is 5.69 Å². The number of benzene rings is 1. The number of hydrogen-bond donors (Lipinski definition) is 1. The Bertz CT molecular complexity index is 542. The van der Waals surface area contributed by atoms with Crippen LogP contribution in [0.1, 0.15) is 10.4 Å². The van der Waals surface area contributed by atoms with Crippen molar-refractivity contribution in [1.29, 1.82) is 0 Å². The lowest BCUT2D eigenvalue weighted by Gasteiger charge is -2.34. The van der Waals surface area contributed by atoms with E-state index in [1.54, 1.807) is 9.80 Å². The first-order valence-electron chi connectivity index (χ1n) is 6.64. The van der Waals surface area contributed by atoms with Gasteiger partial charge in [0, 0.05) is 38.9 Å². The van der Waals surface area contributed by atoms with Crippen molar-refractivity contribution >= 4 is 17.5 Å². The summed E-state index contributed by atoms with van der Waals surface area (Å²) >= 11 is 0. The maximum absolute atomic E-state index is 13.4. The number of hydrogen-bond acceptors (Lipinski definition) is 4. The first kappa shape index (κ1) is 15.2. The van der Waals surface area contributed by atoms with Crippen molar-refractivity contribution < 1.29 is 18.7 Å². The van der Waals surface area contributed by atoms with Crippen molar-refractivity contribution in [1.82, 2.24) is 9.80 Å². The summed E-state index contributed by atoms with van der Waals surface area (Å²) in [5.41, 5.74) is 5.67. The van der Waals surface area contributed by atoms with Gasteiger partial charge in [-0.15, -0.1) is 0 Å². The highest BCUT2D eigenvalue weighted by atomic mass is 19.1. The number of halogens is 1. The van der Waals surface area contributed by atoms with Crippen molar-refractivity contribution in [3.05, 3.63) is 29.6 Å². The lowest BCUT2D eigenvalue weighted by molar-refractivity contribution is -0.136. The second-order valence-electron chi connectivity index (χ2n) is 4.84. The third kappa shape index (κ3) is 3.49. The molecule has 2 amide bonds. The minimum atomic E-state index is -0.602. The Kier molecular flexibility index (Phi) is 4.74. The molecule has 1 saturated heterocycles. The fraction of sp³-hybridized carbons (Fsp3) is 0.429. The van der Waals surface area contributed by atoms with Gasteiger partial charge in [-0.25, -0.2) is 4.39 Å². The average molecular weight is 295 g/mol. The van der Waals surface area contributed by atoms with Crippen molar-refractivity contribution in [3.8, 4) is 0 Å². The molecule has 114 valence electrons. The van der Waals surface area contributed by atoms with E-state index in [-0.39, 0.29) is 29.7 Å². The first-order valence-corrected chi connectivity index (χ1v) is 6.64. The monoisotopic (exact) mass is 295 g/mol. The van der Waals surface area contributed by atoms with E-state index >= 15 is 0 Å². The normalized spacial score (nSPS) is 15.1. The molecule has 2 rings (SSSR count). The first-order chi connectivity index (χ1) is 10.0. The molecule has 1 heterocycles. The van der Waals surface area contributed by atoms with Crippen LogP contribution in [0.2, 0.25) is 0 Å². The van der Waals surface area contributed by atoms with Crippen LogP contribution in [0.5, 0.6) is 0 Å². The number of anilines is 1. The van der Waals surface area contributed by atoms with Crippen molar-refractivity contribution in [2.24, 2.45) is 0 Å². The van der Waals surface area contributed by atoms with Gasteiger partial charge in [0.1, 0.15) is 12.4 Å². The molecule has 1 aromatic carbocycles. The summed E-state index contributed by atoms with van der Waals surface area (Å²) in [5, 5.41) is 0. The molecule has 0 radical (unpaired) electrons. The molecular formula is C14H18FN3O3. The quantitative estimate of drug-likeness (QED) is 0.816. The Hall–Kier alpha value is -2.15. The number of rotatable bonds is 3. The Morgan fingerprint density at radius 2 is 1.86 bits per heavy atom. The van der Waals surface area contributed by atoms with E-state index in [2.05, 4.69) is 0 Å². The third-order valence-electron chi connectivity index (χ3n) is 3.43. The van der Waals surface area contributed by atoms with Gasteiger partial charge < -0.3 is 20.3 Å². The van der Waals surface area contributed by atoms with Gasteiger partial charge in [-0.2, -0.15) is 0 Å². The number of amides is 2. The zero-order valence-electron chi connectivity index (χ0n) is 11.8. The summed E-state index contributed by atoms with van der Waals surface area (Å²) < 4.78 is 18.2. The van der Waals surface area contributed by atoms with Gasteiger partial charge in [0.2, 0.25) is 5.91 Å². The largest absolute Gasteiger partial charge is 0.396 e. The topological polar surface area (TPSA) is 75.9 Å². The minimum Gasteiger partial charge on any atom is -0.396 e. The Labute approximate surface area is 122 Å². The number of nitrogens with zero attached hydrogens (tertiary/aromatic N) is 2. The smallest absolute Gasteiger partial charge is 0.254 e. The van der Waals surface area contributed by atoms with E-state index in [4.69, 9.17) is 10.5 Å². The van der Waals surface area contributed by atoms with Crippen LogP contribution in [0.15, 0.2) is 18.2 Å². The summed E-state index contributed by atoms with van der Waals surface area (Å²) in [7, 11) is 1.47. The number of methoxy groups -OCH3 is 1. The molecule has 1 fully saturated rings. The van der Waals surface area contributed by atoms with E-state index in [9.17, 15) is 14.0 Å². The Morgan fingerprint density at radius 1 is 1.24 bits per heavy atom. The summed E-state index contributed by atoms with van der Waals surface area (Å²) in [4.78, 5) is 27.2. The zero-order valence-corrected chi connectivity index (χ0v) is 11.8. The lowest BCUT2D eigenvalue weighted by Crippen LogP contribution is -2.51. The molecule has 0 aliphatic carbocycles. The van der Waals surface area contributed by atoms with Crippen LogP contribution < -0.4 is 5.73 Å².